The Kier molecular flexibility index (Phi) is 10.2. The van der Waals surface area contributed by atoms with Crippen LogP contribution in [0.15, 0.2) is 58.4 Å². The standard InChI is InChI=1S/C20H27N3O4S.HI/c1-5-15(14-28(24,25)17-9-7-6-8-10-17)22-20(21-2)23-16-11-12-18(26-3)19(13-16)27-4;/h6-13,15H,5,14H2,1-4H3,(H2,21,22,23);1H. The number of methoxy groups -OCH3 is 2. The molecule has 2 N–H and O–H groups in total. The van der Waals surface area contributed by atoms with Crippen molar-refractivity contribution < 1.29 is 17.9 Å². The molecular formula is C20H28IN3O4S. The molecule has 2 aromatic carbocycles. The molecule has 0 aromatic heterocycles. The molecule has 0 spiro atoms. The fraction of sp³-hybridized carbons (Fsp3) is 0.350. The van der Waals surface area contributed by atoms with Crippen LogP contribution in [-0.4, -0.2) is 47.4 Å². The van der Waals surface area contributed by atoms with E-state index in [1.807, 2.05) is 13.0 Å². The van der Waals surface area contributed by atoms with Crippen molar-refractivity contribution in [1.82, 2.24) is 5.32 Å². The summed E-state index contributed by atoms with van der Waals surface area (Å²) < 4.78 is 35.8. The molecule has 0 radical (unpaired) electrons. The Balaban J connectivity index is 0.00000420. The average Bonchev–Trinajstić information content (AvgIpc) is 2.72. The number of nitrogens with zero attached hydrogens (tertiary/aromatic N) is 1. The van der Waals surface area contributed by atoms with Crippen LogP contribution in [0, 0.1) is 0 Å². The van der Waals surface area contributed by atoms with Gasteiger partial charge in [-0.05, 0) is 30.7 Å². The van der Waals surface area contributed by atoms with Crippen LogP contribution in [0.5, 0.6) is 11.5 Å². The molecule has 9 heteroatoms. The van der Waals surface area contributed by atoms with E-state index in [4.69, 9.17) is 9.47 Å². The van der Waals surface area contributed by atoms with E-state index >= 15 is 0 Å². The van der Waals surface area contributed by atoms with Gasteiger partial charge in [0.2, 0.25) is 0 Å². The monoisotopic (exact) mass is 533 g/mol. The first kappa shape index (κ1) is 25.0. The van der Waals surface area contributed by atoms with Crippen molar-refractivity contribution >= 4 is 45.5 Å². The summed E-state index contributed by atoms with van der Waals surface area (Å²) in [6.45, 7) is 1.93. The van der Waals surface area contributed by atoms with E-state index < -0.39 is 9.84 Å². The minimum Gasteiger partial charge on any atom is -0.493 e. The summed E-state index contributed by atoms with van der Waals surface area (Å²) in [7, 11) is 1.37. The Bertz CT molecular complexity index is 905. The van der Waals surface area contributed by atoms with Gasteiger partial charge in [-0.3, -0.25) is 4.99 Å². The number of halogens is 1. The van der Waals surface area contributed by atoms with Gasteiger partial charge in [0.05, 0.1) is 24.9 Å². The van der Waals surface area contributed by atoms with Gasteiger partial charge in [-0.1, -0.05) is 25.1 Å². The molecule has 0 saturated carbocycles. The fourth-order valence-electron chi connectivity index (χ4n) is 2.65. The second-order valence-corrected chi connectivity index (χ2v) is 8.15. The van der Waals surface area contributed by atoms with Crippen LogP contribution in [0.25, 0.3) is 0 Å². The van der Waals surface area contributed by atoms with Crippen molar-refractivity contribution in [3.05, 3.63) is 48.5 Å². The highest BCUT2D eigenvalue weighted by atomic mass is 127. The van der Waals surface area contributed by atoms with Crippen LogP contribution in [0.4, 0.5) is 5.69 Å². The topological polar surface area (TPSA) is 89.0 Å². The number of ether oxygens (including phenoxy) is 2. The third-order valence-corrected chi connectivity index (χ3v) is 6.06. The summed E-state index contributed by atoms with van der Waals surface area (Å²) in [4.78, 5) is 4.52. The maximum atomic E-state index is 12.7. The minimum absolute atomic E-state index is 0. The number of hydrogen-bond donors (Lipinski definition) is 2. The molecular weight excluding hydrogens is 505 g/mol. The average molecular weight is 533 g/mol. The largest absolute Gasteiger partial charge is 0.493 e. The molecule has 0 bridgehead atoms. The lowest BCUT2D eigenvalue weighted by Crippen LogP contribution is -2.42. The van der Waals surface area contributed by atoms with Crippen LogP contribution in [-0.2, 0) is 9.84 Å². The molecule has 0 amide bonds. The van der Waals surface area contributed by atoms with Crippen molar-refractivity contribution in [3.63, 3.8) is 0 Å². The highest BCUT2D eigenvalue weighted by Crippen LogP contribution is 2.29. The fourth-order valence-corrected chi connectivity index (χ4v) is 4.26. The molecule has 0 aliphatic rings. The number of benzene rings is 2. The quantitative estimate of drug-likeness (QED) is 0.307. The lowest BCUT2D eigenvalue weighted by molar-refractivity contribution is 0.355. The number of aliphatic imine (C=N–C) groups is 1. The van der Waals surface area contributed by atoms with Gasteiger partial charge in [-0.15, -0.1) is 24.0 Å². The maximum Gasteiger partial charge on any atom is 0.195 e. The predicted molar refractivity (Wildman–Crippen MR) is 128 cm³/mol. The maximum absolute atomic E-state index is 12.7. The van der Waals surface area contributed by atoms with Crippen LogP contribution >= 0.6 is 24.0 Å². The zero-order valence-electron chi connectivity index (χ0n) is 17.0. The number of hydrogen-bond acceptors (Lipinski definition) is 5. The van der Waals surface area contributed by atoms with Crippen molar-refractivity contribution in [1.29, 1.82) is 0 Å². The number of guanidine groups is 1. The van der Waals surface area contributed by atoms with E-state index in [9.17, 15) is 8.42 Å². The minimum atomic E-state index is -3.40. The second kappa shape index (κ2) is 11.9. The molecule has 2 rings (SSSR count). The molecule has 29 heavy (non-hydrogen) atoms. The summed E-state index contributed by atoms with van der Waals surface area (Å²) in [6.07, 6.45) is 0.624. The lowest BCUT2D eigenvalue weighted by atomic mass is 10.2. The molecule has 0 saturated heterocycles. The highest BCUT2D eigenvalue weighted by Gasteiger charge is 2.21. The zero-order valence-corrected chi connectivity index (χ0v) is 20.2. The Morgan fingerprint density at radius 2 is 1.72 bits per heavy atom. The first-order valence-corrected chi connectivity index (χ1v) is 10.6. The number of anilines is 1. The summed E-state index contributed by atoms with van der Waals surface area (Å²) in [6, 6.07) is 13.6. The molecule has 0 aliphatic heterocycles. The second-order valence-electron chi connectivity index (χ2n) is 6.11. The third-order valence-electron chi connectivity index (χ3n) is 4.23. The molecule has 0 aliphatic carbocycles. The first-order chi connectivity index (χ1) is 13.4. The van der Waals surface area contributed by atoms with Crippen molar-refractivity contribution in [2.45, 2.75) is 24.3 Å². The Labute approximate surface area is 189 Å². The van der Waals surface area contributed by atoms with Gasteiger partial charge < -0.3 is 20.1 Å². The van der Waals surface area contributed by atoms with E-state index in [-0.39, 0.29) is 35.8 Å². The SMILES string of the molecule is CCC(CS(=O)(=O)c1ccccc1)NC(=NC)Nc1ccc(OC)c(OC)c1.I. The summed E-state index contributed by atoms with van der Waals surface area (Å²) in [5.41, 5.74) is 0.742. The van der Waals surface area contributed by atoms with Crippen LogP contribution in [0.3, 0.4) is 0 Å². The van der Waals surface area contributed by atoms with E-state index in [1.165, 1.54) is 0 Å². The van der Waals surface area contributed by atoms with Gasteiger partial charge in [0.1, 0.15) is 0 Å². The third kappa shape index (κ3) is 7.07. The lowest BCUT2D eigenvalue weighted by Gasteiger charge is -2.21. The Morgan fingerprint density at radius 1 is 1.07 bits per heavy atom. The van der Waals surface area contributed by atoms with Gasteiger partial charge in [-0.2, -0.15) is 0 Å². The molecule has 1 unspecified atom stereocenters. The van der Waals surface area contributed by atoms with Crippen molar-refractivity contribution in [2.24, 2.45) is 4.99 Å². The van der Waals surface area contributed by atoms with Crippen molar-refractivity contribution in [3.8, 4) is 11.5 Å². The molecule has 0 fully saturated rings. The van der Waals surface area contributed by atoms with E-state index in [1.54, 1.807) is 63.7 Å². The van der Waals surface area contributed by atoms with E-state index in [0.717, 1.165) is 5.69 Å². The molecule has 1 atom stereocenters. The van der Waals surface area contributed by atoms with Crippen LogP contribution in [0.2, 0.25) is 0 Å². The van der Waals surface area contributed by atoms with Gasteiger partial charge >= 0.3 is 0 Å². The zero-order chi connectivity index (χ0) is 20.6. The van der Waals surface area contributed by atoms with E-state index in [2.05, 4.69) is 15.6 Å². The summed E-state index contributed by atoms with van der Waals surface area (Å²) in [5, 5.41) is 6.34. The van der Waals surface area contributed by atoms with Crippen LogP contribution in [0.1, 0.15) is 13.3 Å². The summed E-state index contributed by atoms with van der Waals surface area (Å²) in [5.74, 6) is 1.65. The van der Waals surface area contributed by atoms with Crippen LogP contribution < -0.4 is 20.1 Å². The number of sulfone groups is 1. The Hall–Kier alpha value is -2.01. The normalized spacial score (nSPS) is 12.5. The van der Waals surface area contributed by atoms with Gasteiger partial charge in [0.15, 0.2) is 27.3 Å². The van der Waals surface area contributed by atoms with Gasteiger partial charge in [0.25, 0.3) is 0 Å². The number of rotatable bonds is 8. The Morgan fingerprint density at radius 3 is 2.28 bits per heavy atom. The smallest absolute Gasteiger partial charge is 0.195 e. The molecule has 7 nitrogen and oxygen atoms in total. The first-order valence-electron chi connectivity index (χ1n) is 8.93. The molecule has 160 valence electrons. The molecule has 0 heterocycles. The number of nitrogens with one attached hydrogen (secondary N) is 2. The molecule has 2 aromatic rings. The van der Waals surface area contributed by atoms with Crippen molar-refractivity contribution in [2.75, 3.05) is 32.3 Å². The van der Waals surface area contributed by atoms with E-state index in [0.29, 0.717) is 28.8 Å². The van der Waals surface area contributed by atoms with Gasteiger partial charge in [-0.25, -0.2) is 8.42 Å². The summed E-state index contributed by atoms with van der Waals surface area (Å²) >= 11 is 0. The highest BCUT2D eigenvalue weighted by molar-refractivity contribution is 14.0. The van der Waals surface area contributed by atoms with Gasteiger partial charge in [0, 0.05) is 24.8 Å². The predicted octanol–water partition coefficient (Wildman–Crippen LogP) is 3.56.